The number of hydrogen-bond donors (Lipinski definition) is 3. The fourth-order valence-corrected chi connectivity index (χ4v) is 1.84. The number of para-hydroxylation sites is 2. The number of furan rings is 1. The van der Waals surface area contributed by atoms with Crippen LogP contribution in [-0.4, -0.2) is 16.1 Å². The van der Waals surface area contributed by atoms with Crippen molar-refractivity contribution < 1.29 is 14.3 Å². The maximum absolute atomic E-state index is 11.7. The highest BCUT2D eigenvalue weighted by Crippen LogP contribution is 2.21. The van der Waals surface area contributed by atoms with E-state index in [0.29, 0.717) is 10.4 Å². The standard InChI is InChI=1S/C12H9BrN2O3S/c13-10-6-5-9(18-10)11(17)15-12(19)14-7-3-1-2-4-8(7)16/h1-6,16H,(H2,14,15,17,19). The van der Waals surface area contributed by atoms with Gasteiger partial charge in [-0.1, -0.05) is 12.1 Å². The molecule has 0 unspecified atom stereocenters. The fraction of sp³-hybridized carbons (Fsp3) is 0. The number of hydrogen-bond acceptors (Lipinski definition) is 4. The number of carbonyl (C=O) groups is 1. The lowest BCUT2D eigenvalue weighted by molar-refractivity contribution is 0.0949. The molecule has 19 heavy (non-hydrogen) atoms. The average molecular weight is 341 g/mol. The van der Waals surface area contributed by atoms with Crippen LogP contribution in [0, 0.1) is 0 Å². The second kappa shape index (κ2) is 5.85. The van der Waals surface area contributed by atoms with E-state index in [1.54, 1.807) is 24.3 Å². The Morgan fingerprint density at radius 1 is 1.26 bits per heavy atom. The molecule has 0 saturated carbocycles. The normalized spacial score (nSPS) is 9.95. The molecule has 1 heterocycles. The van der Waals surface area contributed by atoms with Gasteiger partial charge in [-0.15, -0.1) is 0 Å². The van der Waals surface area contributed by atoms with E-state index in [9.17, 15) is 9.90 Å². The van der Waals surface area contributed by atoms with E-state index in [1.807, 2.05) is 0 Å². The molecule has 0 aliphatic carbocycles. The van der Waals surface area contributed by atoms with Crippen molar-refractivity contribution in [3.8, 4) is 5.75 Å². The summed E-state index contributed by atoms with van der Waals surface area (Å²) >= 11 is 8.07. The molecule has 2 aromatic rings. The van der Waals surface area contributed by atoms with Gasteiger partial charge in [0.15, 0.2) is 15.5 Å². The van der Waals surface area contributed by atoms with Crippen LogP contribution in [0.5, 0.6) is 5.75 Å². The number of amides is 1. The molecule has 0 aliphatic rings. The van der Waals surface area contributed by atoms with Crippen LogP contribution in [-0.2, 0) is 0 Å². The van der Waals surface area contributed by atoms with Crippen molar-refractivity contribution in [3.05, 3.63) is 46.8 Å². The Kier molecular flexibility index (Phi) is 4.18. The minimum atomic E-state index is -0.473. The summed E-state index contributed by atoms with van der Waals surface area (Å²) in [6.45, 7) is 0. The van der Waals surface area contributed by atoms with E-state index in [4.69, 9.17) is 16.6 Å². The van der Waals surface area contributed by atoms with Gasteiger partial charge in [-0.25, -0.2) is 0 Å². The molecule has 0 radical (unpaired) electrons. The summed E-state index contributed by atoms with van der Waals surface area (Å²) in [7, 11) is 0. The van der Waals surface area contributed by atoms with Crippen molar-refractivity contribution in [1.29, 1.82) is 0 Å². The fourth-order valence-electron chi connectivity index (χ4n) is 1.33. The topological polar surface area (TPSA) is 74.5 Å². The third kappa shape index (κ3) is 3.55. The Bertz CT molecular complexity index is 627. The van der Waals surface area contributed by atoms with Crippen molar-refractivity contribution in [1.82, 2.24) is 5.32 Å². The lowest BCUT2D eigenvalue weighted by Gasteiger charge is -2.09. The summed E-state index contributed by atoms with van der Waals surface area (Å²) in [5.74, 6) is -0.299. The molecule has 5 nitrogen and oxygen atoms in total. The number of thiocarbonyl (C=S) groups is 1. The highest BCUT2D eigenvalue weighted by Gasteiger charge is 2.12. The molecule has 2 rings (SSSR count). The third-order valence-electron chi connectivity index (χ3n) is 2.18. The Morgan fingerprint density at radius 2 is 2.00 bits per heavy atom. The zero-order valence-corrected chi connectivity index (χ0v) is 11.9. The number of nitrogens with one attached hydrogen (secondary N) is 2. The van der Waals surface area contributed by atoms with Crippen LogP contribution in [0.2, 0.25) is 0 Å². The van der Waals surface area contributed by atoms with Crippen LogP contribution in [0.15, 0.2) is 45.5 Å². The smallest absolute Gasteiger partial charge is 0.293 e. The lowest BCUT2D eigenvalue weighted by Crippen LogP contribution is -2.33. The molecule has 3 N–H and O–H groups in total. The molecule has 7 heteroatoms. The maximum atomic E-state index is 11.7. The molecular formula is C12H9BrN2O3S. The summed E-state index contributed by atoms with van der Waals surface area (Å²) in [5.41, 5.74) is 0.411. The molecule has 0 saturated heterocycles. The van der Waals surface area contributed by atoms with Gasteiger partial charge in [-0.2, -0.15) is 0 Å². The largest absolute Gasteiger partial charge is 0.506 e. The quantitative estimate of drug-likeness (QED) is 0.579. The van der Waals surface area contributed by atoms with Crippen LogP contribution in [0.1, 0.15) is 10.6 Å². The van der Waals surface area contributed by atoms with E-state index in [2.05, 4.69) is 26.6 Å². The molecule has 0 bridgehead atoms. The Hall–Kier alpha value is -1.86. The summed E-state index contributed by atoms with van der Waals surface area (Å²) in [4.78, 5) is 11.7. The van der Waals surface area contributed by atoms with Gasteiger partial charge in [-0.05, 0) is 52.4 Å². The molecule has 0 spiro atoms. The number of rotatable bonds is 2. The van der Waals surface area contributed by atoms with Crippen molar-refractivity contribution in [2.24, 2.45) is 0 Å². The first-order chi connectivity index (χ1) is 9.06. The van der Waals surface area contributed by atoms with Gasteiger partial charge >= 0.3 is 0 Å². The highest BCUT2D eigenvalue weighted by molar-refractivity contribution is 9.10. The molecule has 1 aromatic carbocycles. The van der Waals surface area contributed by atoms with Crippen molar-refractivity contribution in [2.75, 3.05) is 5.32 Å². The predicted molar refractivity (Wildman–Crippen MR) is 78.2 cm³/mol. The van der Waals surface area contributed by atoms with E-state index < -0.39 is 5.91 Å². The van der Waals surface area contributed by atoms with E-state index >= 15 is 0 Å². The minimum Gasteiger partial charge on any atom is -0.506 e. The molecule has 0 atom stereocenters. The first-order valence-electron chi connectivity index (χ1n) is 5.22. The zero-order valence-electron chi connectivity index (χ0n) is 9.51. The Balaban J connectivity index is 1.99. The number of anilines is 1. The third-order valence-corrected chi connectivity index (χ3v) is 2.81. The van der Waals surface area contributed by atoms with Gasteiger partial charge in [0.25, 0.3) is 5.91 Å². The number of carbonyl (C=O) groups excluding carboxylic acids is 1. The first-order valence-corrected chi connectivity index (χ1v) is 6.42. The SMILES string of the molecule is O=C(NC(=S)Nc1ccccc1O)c1ccc(Br)o1. The lowest BCUT2D eigenvalue weighted by atomic mass is 10.3. The van der Waals surface area contributed by atoms with E-state index in [-0.39, 0.29) is 16.6 Å². The van der Waals surface area contributed by atoms with Crippen LogP contribution >= 0.6 is 28.1 Å². The second-order valence-corrected chi connectivity index (χ2v) is 4.72. The minimum absolute atomic E-state index is 0.0415. The Labute approximate surface area is 122 Å². The van der Waals surface area contributed by atoms with Gasteiger partial charge in [-0.3, -0.25) is 10.1 Å². The summed E-state index contributed by atoms with van der Waals surface area (Å²) in [6.07, 6.45) is 0. The van der Waals surface area contributed by atoms with Gasteiger partial charge < -0.3 is 14.8 Å². The van der Waals surface area contributed by atoms with Crippen LogP contribution in [0.3, 0.4) is 0 Å². The van der Waals surface area contributed by atoms with Gasteiger partial charge in [0.2, 0.25) is 0 Å². The molecular weight excluding hydrogens is 332 g/mol. The molecule has 1 amide bonds. The molecule has 1 aromatic heterocycles. The number of benzene rings is 1. The number of halogens is 1. The van der Waals surface area contributed by atoms with E-state index in [1.165, 1.54) is 12.1 Å². The first kappa shape index (κ1) is 13.6. The van der Waals surface area contributed by atoms with Gasteiger partial charge in [0.05, 0.1) is 5.69 Å². The summed E-state index contributed by atoms with van der Waals surface area (Å²) in [6, 6.07) is 9.68. The second-order valence-electron chi connectivity index (χ2n) is 3.53. The monoisotopic (exact) mass is 340 g/mol. The van der Waals surface area contributed by atoms with Crippen LogP contribution in [0.25, 0.3) is 0 Å². The summed E-state index contributed by atoms with van der Waals surface area (Å²) < 4.78 is 5.54. The van der Waals surface area contributed by atoms with Crippen LogP contribution in [0.4, 0.5) is 5.69 Å². The number of aromatic hydroxyl groups is 1. The predicted octanol–water partition coefficient (Wildman–Crippen LogP) is 2.87. The van der Waals surface area contributed by atoms with Crippen LogP contribution < -0.4 is 10.6 Å². The molecule has 98 valence electrons. The highest BCUT2D eigenvalue weighted by atomic mass is 79.9. The van der Waals surface area contributed by atoms with E-state index in [0.717, 1.165) is 0 Å². The molecule has 0 aliphatic heterocycles. The van der Waals surface area contributed by atoms with Crippen molar-refractivity contribution in [3.63, 3.8) is 0 Å². The van der Waals surface area contributed by atoms with Gasteiger partial charge in [0.1, 0.15) is 5.75 Å². The van der Waals surface area contributed by atoms with Gasteiger partial charge in [0, 0.05) is 0 Å². The number of phenolic OH excluding ortho intramolecular Hbond substituents is 1. The zero-order chi connectivity index (χ0) is 13.8. The maximum Gasteiger partial charge on any atom is 0.293 e. The average Bonchev–Trinajstić information content (AvgIpc) is 2.79. The number of phenols is 1. The van der Waals surface area contributed by atoms with Crippen molar-refractivity contribution >= 4 is 44.9 Å². The summed E-state index contributed by atoms with van der Waals surface area (Å²) in [5, 5.41) is 14.8. The van der Waals surface area contributed by atoms with Crippen molar-refractivity contribution in [2.45, 2.75) is 0 Å². The Morgan fingerprint density at radius 3 is 2.63 bits per heavy atom. The molecule has 0 fully saturated rings.